The van der Waals surface area contributed by atoms with Gasteiger partial charge in [0.25, 0.3) is 5.91 Å². The summed E-state index contributed by atoms with van der Waals surface area (Å²) in [6, 6.07) is 11.5. The lowest BCUT2D eigenvalue weighted by Gasteiger charge is -2.20. The van der Waals surface area contributed by atoms with Gasteiger partial charge in [-0.05, 0) is 30.2 Å². The molecule has 114 valence electrons. The highest BCUT2D eigenvalue weighted by molar-refractivity contribution is 7.99. The fourth-order valence-corrected chi connectivity index (χ4v) is 4.23. The van der Waals surface area contributed by atoms with Gasteiger partial charge in [-0.1, -0.05) is 29.8 Å². The van der Waals surface area contributed by atoms with Crippen molar-refractivity contribution in [2.75, 3.05) is 18.8 Å². The lowest BCUT2D eigenvalue weighted by molar-refractivity contribution is 0.0766. The average molecular weight is 333 g/mol. The number of carbonyl (C=O) groups is 1. The minimum Gasteiger partial charge on any atom is -0.338 e. The van der Waals surface area contributed by atoms with Crippen molar-refractivity contribution in [3.05, 3.63) is 64.9 Å². The fourth-order valence-electron chi connectivity index (χ4n) is 2.64. The molecule has 0 N–H and O–H groups in total. The van der Waals surface area contributed by atoms with Gasteiger partial charge < -0.3 is 4.90 Å². The number of carbonyl (C=O) groups excluding carboxylic acids is 1. The van der Waals surface area contributed by atoms with Crippen molar-refractivity contribution >= 4 is 29.3 Å². The van der Waals surface area contributed by atoms with E-state index >= 15 is 0 Å². The lowest BCUT2D eigenvalue weighted by atomic mass is 10.1. The normalized spacial score (nSPS) is 18.8. The van der Waals surface area contributed by atoms with Crippen molar-refractivity contribution in [1.29, 1.82) is 0 Å². The quantitative estimate of drug-likeness (QED) is 0.831. The Morgan fingerprint density at radius 3 is 2.73 bits per heavy atom. The Balaban J connectivity index is 1.70. The molecule has 1 saturated heterocycles. The van der Waals surface area contributed by atoms with Crippen LogP contribution in [0.5, 0.6) is 0 Å². The van der Waals surface area contributed by atoms with Crippen molar-refractivity contribution in [2.24, 2.45) is 0 Å². The van der Waals surface area contributed by atoms with Gasteiger partial charge >= 0.3 is 0 Å². The third-order valence-corrected chi connectivity index (χ3v) is 5.46. The molecule has 1 atom stereocenters. The molecule has 0 aliphatic carbocycles. The molecule has 0 saturated carbocycles. The van der Waals surface area contributed by atoms with E-state index in [1.807, 2.05) is 34.9 Å². The minimum absolute atomic E-state index is 0.0859. The average Bonchev–Trinajstić information content (AvgIpc) is 2.81. The smallest absolute Gasteiger partial charge is 0.253 e. The van der Waals surface area contributed by atoms with Gasteiger partial charge in [-0.25, -0.2) is 0 Å². The molecule has 1 aliphatic rings. The molecular weight excluding hydrogens is 316 g/mol. The van der Waals surface area contributed by atoms with E-state index in [0.29, 0.717) is 10.8 Å². The van der Waals surface area contributed by atoms with E-state index in [-0.39, 0.29) is 5.91 Å². The van der Waals surface area contributed by atoms with Crippen molar-refractivity contribution in [3.8, 4) is 0 Å². The maximum atomic E-state index is 12.5. The van der Waals surface area contributed by atoms with Crippen LogP contribution in [-0.2, 0) is 0 Å². The number of hydrogen-bond donors (Lipinski definition) is 0. The Labute approximate surface area is 139 Å². The Hall–Kier alpha value is -1.52. The summed E-state index contributed by atoms with van der Waals surface area (Å²) in [5, 5.41) is 1.16. The van der Waals surface area contributed by atoms with Gasteiger partial charge in [-0.15, -0.1) is 0 Å². The molecule has 3 nitrogen and oxygen atoms in total. The van der Waals surface area contributed by atoms with Crippen LogP contribution >= 0.6 is 23.4 Å². The number of benzene rings is 1. The van der Waals surface area contributed by atoms with Crippen LogP contribution in [0.2, 0.25) is 5.02 Å². The number of halogens is 1. The Bertz CT molecular complexity index is 650. The zero-order valence-electron chi connectivity index (χ0n) is 12.1. The van der Waals surface area contributed by atoms with Crippen molar-refractivity contribution < 1.29 is 4.79 Å². The Morgan fingerprint density at radius 1 is 1.18 bits per heavy atom. The lowest BCUT2D eigenvalue weighted by Crippen LogP contribution is -2.32. The second-order valence-corrected chi connectivity index (χ2v) is 6.92. The van der Waals surface area contributed by atoms with E-state index in [1.54, 1.807) is 24.5 Å². The first-order valence-corrected chi connectivity index (χ1v) is 8.73. The van der Waals surface area contributed by atoms with Gasteiger partial charge in [-0.3, -0.25) is 9.78 Å². The molecular formula is C17H17ClN2OS. The molecule has 1 fully saturated rings. The summed E-state index contributed by atoms with van der Waals surface area (Å²) >= 11 is 8.18. The number of rotatable bonds is 2. The summed E-state index contributed by atoms with van der Waals surface area (Å²) in [6.07, 6.45) is 4.24. The molecule has 0 unspecified atom stereocenters. The molecule has 22 heavy (non-hydrogen) atoms. The monoisotopic (exact) mass is 332 g/mol. The van der Waals surface area contributed by atoms with Crippen LogP contribution < -0.4 is 0 Å². The van der Waals surface area contributed by atoms with E-state index < -0.39 is 0 Å². The SMILES string of the molecule is O=C(c1ccncc1)N1CCS[C@@H](c2ccccc2Cl)CC1. The molecule has 2 aromatic rings. The van der Waals surface area contributed by atoms with Gasteiger partial charge in [-0.2, -0.15) is 11.8 Å². The van der Waals surface area contributed by atoms with Gasteiger partial charge in [0.15, 0.2) is 0 Å². The predicted octanol–water partition coefficient (Wildman–Crippen LogP) is 4.06. The number of nitrogens with zero attached hydrogens (tertiary/aromatic N) is 2. The second-order valence-electron chi connectivity index (χ2n) is 5.20. The topological polar surface area (TPSA) is 33.2 Å². The summed E-state index contributed by atoms with van der Waals surface area (Å²) in [6.45, 7) is 1.52. The molecule has 1 amide bonds. The highest BCUT2D eigenvalue weighted by Crippen LogP contribution is 2.37. The summed E-state index contributed by atoms with van der Waals surface area (Å²) in [5.41, 5.74) is 1.88. The molecule has 1 aliphatic heterocycles. The van der Waals surface area contributed by atoms with Crippen LogP contribution in [0.3, 0.4) is 0 Å². The Kier molecular flexibility index (Phi) is 5.01. The number of pyridine rings is 1. The zero-order chi connectivity index (χ0) is 15.4. The highest BCUT2D eigenvalue weighted by atomic mass is 35.5. The first-order valence-electron chi connectivity index (χ1n) is 7.31. The molecule has 2 heterocycles. The first kappa shape index (κ1) is 15.4. The maximum Gasteiger partial charge on any atom is 0.253 e. The first-order chi connectivity index (χ1) is 10.8. The zero-order valence-corrected chi connectivity index (χ0v) is 13.7. The van der Waals surface area contributed by atoms with E-state index in [2.05, 4.69) is 11.1 Å². The van der Waals surface area contributed by atoms with E-state index in [9.17, 15) is 4.79 Å². The van der Waals surface area contributed by atoms with E-state index in [0.717, 1.165) is 30.3 Å². The molecule has 0 spiro atoms. The van der Waals surface area contributed by atoms with Crippen LogP contribution in [0.15, 0.2) is 48.8 Å². The van der Waals surface area contributed by atoms with Crippen LogP contribution in [0.4, 0.5) is 0 Å². The van der Waals surface area contributed by atoms with Gasteiger partial charge in [0.1, 0.15) is 0 Å². The van der Waals surface area contributed by atoms with Crippen LogP contribution in [-0.4, -0.2) is 34.6 Å². The van der Waals surface area contributed by atoms with Gasteiger partial charge in [0, 0.05) is 47.1 Å². The van der Waals surface area contributed by atoms with Crippen LogP contribution in [0.25, 0.3) is 0 Å². The maximum absolute atomic E-state index is 12.5. The predicted molar refractivity (Wildman–Crippen MR) is 91.4 cm³/mol. The van der Waals surface area contributed by atoms with Crippen LogP contribution in [0.1, 0.15) is 27.6 Å². The molecule has 1 aromatic carbocycles. The molecule has 0 bridgehead atoms. The third-order valence-electron chi connectivity index (χ3n) is 3.81. The number of hydrogen-bond acceptors (Lipinski definition) is 3. The van der Waals surface area contributed by atoms with Crippen molar-refractivity contribution in [2.45, 2.75) is 11.7 Å². The third kappa shape index (κ3) is 3.45. The Morgan fingerprint density at radius 2 is 1.95 bits per heavy atom. The van der Waals surface area contributed by atoms with Gasteiger partial charge in [0.2, 0.25) is 0 Å². The number of amides is 1. The van der Waals surface area contributed by atoms with E-state index in [4.69, 9.17) is 11.6 Å². The molecule has 3 rings (SSSR count). The largest absolute Gasteiger partial charge is 0.338 e. The van der Waals surface area contributed by atoms with Gasteiger partial charge in [0.05, 0.1) is 0 Å². The highest BCUT2D eigenvalue weighted by Gasteiger charge is 2.23. The van der Waals surface area contributed by atoms with Crippen molar-refractivity contribution in [1.82, 2.24) is 9.88 Å². The van der Waals surface area contributed by atoms with Crippen molar-refractivity contribution in [3.63, 3.8) is 0 Å². The number of thioether (sulfide) groups is 1. The summed E-state index contributed by atoms with van der Waals surface area (Å²) in [5.74, 6) is 1.01. The minimum atomic E-state index is 0.0859. The second kappa shape index (κ2) is 7.16. The van der Waals surface area contributed by atoms with Crippen LogP contribution in [0, 0.1) is 0 Å². The molecule has 5 heteroatoms. The number of aromatic nitrogens is 1. The molecule has 1 aromatic heterocycles. The molecule has 0 radical (unpaired) electrons. The van der Waals surface area contributed by atoms with E-state index in [1.165, 1.54) is 5.56 Å². The summed E-state index contributed by atoms with van der Waals surface area (Å²) in [7, 11) is 0. The summed E-state index contributed by atoms with van der Waals surface area (Å²) < 4.78 is 0. The summed E-state index contributed by atoms with van der Waals surface area (Å²) in [4.78, 5) is 18.4. The standard InChI is InChI=1S/C17H17ClN2OS/c18-15-4-2-1-3-14(15)16-7-10-20(11-12-22-16)17(21)13-5-8-19-9-6-13/h1-6,8-9,16H,7,10-12H2/t16-/m1/s1. The fraction of sp³-hybridized carbons (Fsp3) is 0.294.